The average Bonchev–Trinajstić information content (AvgIpc) is 2.19. The lowest BCUT2D eigenvalue weighted by Crippen LogP contribution is -2.83. The van der Waals surface area contributed by atoms with E-state index in [1.165, 1.54) is 0 Å². The molecule has 0 amide bonds. The summed E-state index contributed by atoms with van der Waals surface area (Å²) in [6, 6.07) is 0. The van der Waals surface area contributed by atoms with E-state index < -0.39 is 0 Å². The molecule has 3 nitrogen and oxygen atoms in total. The Morgan fingerprint density at radius 2 is 1.56 bits per heavy atom. The minimum atomic E-state index is -0.117. The zero-order valence-corrected chi connectivity index (χ0v) is 11.0. The van der Waals surface area contributed by atoms with Crippen LogP contribution >= 0.6 is 0 Å². The molecule has 4 saturated heterocycles. The van der Waals surface area contributed by atoms with Crippen molar-refractivity contribution in [3.8, 4) is 0 Å². The van der Waals surface area contributed by atoms with Gasteiger partial charge in [0.15, 0.2) is 0 Å². The number of hydrogen-bond acceptors (Lipinski definition) is 3. The molecule has 16 heavy (non-hydrogen) atoms. The molecular formula is C13H24N2O. The fourth-order valence-corrected chi connectivity index (χ4v) is 4.32. The number of aliphatic hydroxyl groups excluding tert-OH is 1. The van der Waals surface area contributed by atoms with Crippen molar-refractivity contribution in [2.45, 2.75) is 45.9 Å². The van der Waals surface area contributed by atoms with Crippen LogP contribution in [0.3, 0.4) is 0 Å². The first-order valence-corrected chi connectivity index (χ1v) is 6.52. The van der Waals surface area contributed by atoms with Crippen LogP contribution < -0.4 is 0 Å². The summed E-state index contributed by atoms with van der Waals surface area (Å²) in [4.78, 5) is 5.16. The smallest absolute Gasteiger partial charge is 0.0698 e. The Balaban J connectivity index is 2.05. The Labute approximate surface area is 98.4 Å². The van der Waals surface area contributed by atoms with Crippen LogP contribution in [0.25, 0.3) is 0 Å². The first-order chi connectivity index (χ1) is 7.34. The summed E-state index contributed by atoms with van der Waals surface area (Å²) in [5.74, 6) is 0. The third kappa shape index (κ3) is 1.05. The topological polar surface area (TPSA) is 26.7 Å². The molecule has 0 radical (unpaired) electrons. The van der Waals surface area contributed by atoms with Gasteiger partial charge < -0.3 is 5.11 Å². The van der Waals surface area contributed by atoms with Gasteiger partial charge in [0.1, 0.15) is 0 Å². The highest BCUT2D eigenvalue weighted by Crippen LogP contribution is 2.54. The van der Waals surface area contributed by atoms with Crippen molar-refractivity contribution in [2.75, 3.05) is 26.2 Å². The molecule has 0 aromatic heterocycles. The molecular weight excluding hydrogens is 200 g/mol. The second-order valence-corrected chi connectivity index (χ2v) is 6.98. The van der Waals surface area contributed by atoms with E-state index in [-0.39, 0.29) is 22.6 Å². The second kappa shape index (κ2) is 2.82. The summed E-state index contributed by atoms with van der Waals surface area (Å²) in [5.41, 5.74) is 0.404. The number of aliphatic hydroxyl groups is 1. The maximum absolute atomic E-state index is 10.7. The molecule has 4 heterocycles. The van der Waals surface area contributed by atoms with Gasteiger partial charge in [0.2, 0.25) is 0 Å². The normalized spacial score (nSPS) is 57.9. The maximum atomic E-state index is 10.7. The molecule has 0 aromatic rings. The Bertz CT molecular complexity index is 308. The molecule has 4 bridgehead atoms. The van der Waals surface area contributed by atoms with Crippen molar-refractivity contribution in [3.05, 3.63) is 0 Å². The van der Waals surface area contributed by atoms with E-state index in [9.17, 15) is 5.11 Å². The number of rotatable bonds is 1. The molecule has 92 valence electrons. The Hall–Kier alpha value is -0.120. The van der Waals surface area contributed by atoms with Crippen LogP contribution in [0.4, 0.5) is 0 Å². The van der Waals surface area contributed by atoms with Crippen LogP contribution in [0.5, 0.6) is 0 Å². The second-order valence-electron chi connectivity index (χ2n) is 6.98. The van der Waals surface area contributed by atoms with Gasteiger partial charge in [-0.15, -0.1) is 0 Å². The predicted molar refractivity (Wildman–Crippen MR) is 64.1 cm³/mol. The van der Waals surface area contributed by atoms with Crippen LogP contribution in [0.1, 0.15) is 34.1 Å². The monoisotopic (exact) mass is 224 g/mol. The van der Waals surface area contributed by atoms with Crippen molar-refractivity contribution < 1.29 is 5.11 Å². The molecule has 4 fully saturated rings. The highest BCUT2D eigenvalue weighted by Gasteiger charge is 2.64. The molecule has 0 spiro atoms. The van der Waals surface area contributed by atoms with Crippen molar-refractivity contribution in [1.82, 2.24) is 9.80 Å². The predicted octanol–water partition coefficient (Wildman–Crippen LogP) is 1.13. The van der Waals surface area contributed by atoms with E-state index >= 15 is 0 Å². The largest absolute Gasteiger partial charge is 0.392 e. The summed E-state index contributed by atoms with van der Waals surface area (Å²) in [6.45, 7) is 13.4. The van der Waals surface area contributed by atoms with Crippen molar-refractivity contribution >= 4 is 0 Å². The van der Waals surface area contributed by atoms with Gasteiger partial charge in [-0.1, -0.05) is 13.8 Å². The van der Waals surface area contributed by atoms with E-state index in [2.05, 4.69) is 37.5 Å². The standard InChI is InChI=1S/C13H24N2O/c1-5-13-8-14-6-12(4,10(13)16)7-15(9-13)11(14,2)3/h10,16H,5-9H2,1-4H3. The Morgan fingerprint density at radius 3 is 2.00 bits per heavy atom. The lowest BCUT2D eigenvalue weighted by Gasteiger charge is -2.72. The third-order valence-electron chi connectivity index (χ3n) is 5.61. The highest BCUT2D eigenvalue weighted by atomic mass is 16.3. The fraction of sp³-hybridized carbons (Fsp3) is 1.00. The molecule has 3 unspecified atom stereocenters. The Morgan fingerprint density at radius 1 is 1.06 bits per heavy atom. The number of hydrogen-bond donors (Lipinski definition) is 1. The average molecular weight is 224 g/mol. The van der Waals surface area contributed by atoms with E-state index in [1.54, 1.807) is 0 Å². The van der Waals surface area contributed by atoms with Gasteiger partial charge >= 0.3 is 0 Å². The number of nitrogens with zero attached hydrogens (tertiary/aromatic N) is 2. The van der Waals surface area contributed by atoms with Crippen molar-refractivity contribution in [2.24, 2.45) is 10.8 Å². The zero-order chi connectivity index (χ0) is 11.8. The van der Waals surface area contributed by atoms with Gasteiger partial charge in [-0.25, -0.2) is 0 Å². The van der Waals surface area contributed by atoms with E-state index in [1.807, 2.05) is 0 Å². The molecule has 0 saturated carbocycles. The van der Waals surface area contributed by atoms with Gasteiger partial charge in [-0.05, 0) is 20.3 Å². The first-order valence-electron chi connectivity index (χ1n) is 6.52. The molecule has 4 rings (SSSR count). The van der Waals surface area contributed by atoms with Gasteiger partial charge in [0.25, 0.3) is 0 Å². The molecule has 3 atom stereocenters. The highest BCUT2D eigenvalue weighted by molar-refractivity contribution is 5.16. The van der Waals surface area contributed by atoms with E-state index in [4.69, 9.17) is 0 Å². The minimum Gasteiger partial charge on any atom is -0.392 e. The van der Waals surface area contributed by atoms with Crippen LogP contribution in [0, 0.1) is 10.8 Å². The molecule has 4 aliphatic rings. The number of piperidine rings is 2. The first kappa shape index (κ1) is 11.0. The summed E-state index contributed by atoms with van der Waals surface area (Å²) in [5, 5.41) is 10.7. The zero-order valence-electron chi connectivity index (χ0n) is 11.0. The van der Waals surface area contributed by atoms with Crippen molar-refractivity contribution in [1.29, 1.82) is 0 Å². The molecule has 0 aliphatic carbocycles. The summed E-state index contributed by atoms with van der Waals surface area (Å²) < 4.78 is 0. The van der Waals surface area contributed by atoms with Gasteiger partial charge in [0.05, 0.1) is 11.8 Å². The fourth-order valence-electron chi connectivity index (χ4n) is 4.32. The summed E-state index contributed by atoms with van der Waals surface area (Å²) in [7, 11) is 0. The van der Waals surface area contributed by atoms with Crippen LogP contribution in [-0.4, -0.2) is 52.9 Å². The summed E-state index contributed by atoms with van der Waals surface area (Å²) >= 11 is 0. The quantitative estimate of drug-likeness (QED) is 0.723. The Kier molecular flexibility index (Phi) is 1.94. The van der Waals surface area contributed by atoms with Gasteiger partial charge in [-0.3, -0.25) is 9.80 Å². The van der Waals surface area contributed by atoms with Crippen LogP contribution in [-0.2, 0) is 0 Å². The SMILES string of the molecule is CCC12CN3CC(C)(CN(C1)C3(C)C)C2O. The van der Waals surface area contributed by atoms with Crippen LogP contribution in [0.2, 0.25) is 0 Å². The van der Waals surface area contributed by atoms with Gasteiger partial charge in [-0.2, -0.15) is 0 Å². The van der Waals surface area contributed by atoms with E-state index in [0.717, 1.165) is 32.6 Å². The molecule has 3 heteroatoms. The maximum Gasteiger partial charge on any atom is 0.0698 e. The molecule has 1 N–H and O–H groups in total. The summed E-state index contributed by atoms with van der Waals surface area (Å²) in [6.07, 6.45) is 0.973. The lowest BCUT2D eigenvalue weighted by atomic mass is 9.58. The van der Waals surface area contributed by atoms with Crippen LogP contribution in [0.15, 0.2) is 0 Å². The van der Waals surface area contributed by atoms with Gasteiger partial charge in [0, 0.05) is 37.0 Å². The lowest BCUT2D eigenvalue weighted by molar-refractivity contribution is -0.283. The molecule has 4 aliphatic heterocycles. The van der Waals surface area contributed by atoms with E-state index in [0.29, 0.717) is 0 Å². The molecule has 0 aromatic carbocycles. The third-order valence-corrected chi connectivity index (χ3v) is 5.61. The minimum absolute atomic E-state index is 0.0853. The van der Waals surface area contributed by atoms with Crippen molar-refractivity contribution in [3.63, 3.8) is 0 Å².